The molecule has 1 atom stereocenters. The van der Waals surface area contributed by atoms with Crippen molar-refractivity contribution in [2.24, 2.45) is 0 Å². The minimum absolute atomic E-state index is 0.864. The lowest BCUT2D eigenvalue weighted by Crippen LogP contribution is -2.05. The van der Waals surface area contributed by atoms with E-state index in [1.165, 1.54) is 15.8 Å². The highest BCUT2D eigenvalue weighted by Crippen LogP contribution is 2.67. The SMILES string of the molecule is COc1ccc(P2(=S)Nc3ccc(C)cc3S2)cc1. The molecule has 19 heavy (non-hydrogen) atoms. The highest BCUT2D eigenvalue weighted by molar-refractivity contribution is 8.74. The van der Waals surface area contributed by atoms with Crippen LogP contribution >= 0.6 is 16.8 Å². The Hall–Kier alpha value is -0.960. The van der Waals surface area contributed by atoms with Crippen molar-refractivity contribution in [3.63, 3.8) is 0 Å². The van der Waals surface area contributed by atoms with E-state index in [2.05, 4.69) is 42.3 Å². The van der Waals surface area contributed by atoms with Crippen LogP contribution in [0.5, 0.6) is 5.75 Å². The van der Waals surface area contributed by atoms with Crippen molar-refractivity contribution in [3.05, 3.63) is 48.0 Å². The predicted octanol–water partition coefficient (Wildman–Crippen LogP) is 4.16. The average molecular weight is 307 g/mol. The van der Waals surface area contributed by atoms with Crippen molar-refractivity contribution in [3.8, 4) is 5.75 Å². The van der Waals surface area contributed by atoms with Gasteiger partial charge in [0.2, 0.25) is 0 Å². The summed E-state index contributed by atoms with van der Waals surface area (Å²) in [6.07, 6.45) is 0. The summed E-state index contributed by atoms with van der Waals surface area (Å²) >= 11 is 7.68. The first-order valence-electron chi connectivity index (χ1n) is 5.94. The molecule has 2 aromatic rings. The third kappa shape index (κ3) is 2.40. The molecular formula is C14H14NOPS2. The van der Waals surface area contributed by atoms with Gasteiger partial charge in [-0.1, -0.05) is 29.3 Å². The topological polar surface area (TPSA) is 21.3 Å². The monoisotopic (exact) mass is 307 g/mol. The second-order valence-electron chi connectivity index (χ2n) is 4.45. The number of fused-ring (bicyclic) bond motifs is 1. The van der Waals surface area contributed by atoms with Gasteiger partial charge in [0.1, 0.15) is 11.1 Å². The number of nitrogens with one attached hydrogen (secondary N) is 1. The first-order chi connectivity index (χ1) is 9.10. The lowest BCUT2D eigenvalue weighted by molar-refractivity contribution is 0.415. The van der Waals surface area contributed by atoms with Crippen molar-refractivity contribution in [2.75, 3.05) is 12.2 Å². The van der Waals surface area contributed by atoms with Crippen molar-refractivity contribution in [1.82, 2.24) is 0 Å². The van der Waals surface area contributed by atoms with Crippen LogP contribution in [-0.2, 0) is 11.8 Å². The molecule has 1 aliphatic heterocycles. The van der Waals surface area contributed by atoms with Crippen LogP contribution in [-0.4, -0.2) is 7.11 Å². The van der Waals surface area contributed by atoms with Crippen molar-refractivity contribution < 1.29 is 4.74 Å². The van der Waals surface area contributed by atoms with Gasteiger partial charge in [-0.2, -0.15) is 0 Å². The van der Waals surface area contributed by atoms with Gasteiger partial charge in [0.25, 0.3) is 0 Å². The second kappa shape index (κ2) is 4.86. The van der Waals surface area contributed by atoms with E-state index in [-0.39, 0.29) is 0 Å². The highest BCUT2D eigenvalue weighted by atomic mass is 32.9. The first kappa shape index (κ1) is 13.0. The Morgan fingerprint density at radius 2 is 1.89 bits per heavy atom. The normalized spacial score (nSPS) is 20.7. The molecule has 3 rings (SSSR count). The van der Waals surface area contributed by atoms with Crippen LogP contribution in [0.4, 0.5) is 5.69 Å². The molecule has 1 unspecified atom stereocenters. The summed E-state index contributed by atoms with van der Waals surface area (Å²) < 4.78 is 5.19. The molecule has 0 radical (unpaired) electrons. The van der Waals surface area contributed by atoms with E-state index in [9.17, 15) is 0 Å². The second-order valence-corrected chi connectivity index (χ2v) is 11.4. The molecule has 0 saturated heterocycles. The summed E-state index contributed by atoms with van der Waals surface area (Å²) in [4.78, 5) is 1.26. The highest BCUT2D eigenvalue weighted by Gasteiger charge is 2.29. The van der Waals surface area contributed by atoms with E-state index < -0.39 is 5.39 Å². The summed E-state index contributed by atoms with van der Waals surface area (Å²) in [5.41, 5.74) is 2.43. The molecule has 1 N–H and O–H groups in total. The minimum atomic E-state index is -1.81. The van der Waals surface area contributed by atoms with E-state index in [1.54, 1.807) is 18.5 Å². The number of benzene rings is 2. The molecule has 98 valence electrons. The maximum absolute atomic E-state index is 5.88. The Balaban J connectivity index is 1.96. The number of hydrogen-bond donors (Lipinski definition) is 1. The number of methoxy groups -OCH3 is 1. The molecule has 0 spiro atoms. The fourth-order valence-corrected chi connectivity index (χ4v) is 7.94. The number of aryl methyl sites for hydroxylation is 1. The van der Waals surface area contributed by atoms with Crippen molar-refractivity contribution in [1.29, 1.82) is 0 Å². The molecule has 1 heterocycles. The number of anilines is 1. The number of hydrogen-bond acceptors (Lipinski definition) is 3. The van der Waals surface area contributed by atoms with Crippen LogP contribution in [0.2, 0.25) is 0 Å². The standard InChI is InChI=1S/C14H14NOPS2/c1-10-3-8-13-14(9-10)19-17(18,15-13)12-6-4-11(16-2)5-7-12/h3-9H,1-2H3,(H,15,18). The van der Waals surface area contributed by atoms with Gasteiger partial charge in [-0.15, -0.1) is 0 Å². The van der Waals surface area contributed by atoms with Crippen LogP contribution in [0.15, 0.2) is 47.4 Å². The molecule has 2 aromatic carbocycles. The largest absolute Gasteiger partial charge is 0.497 e. The molecule has 0 amide bonds. The van der Waals surface area contributed by atoms with Gasteiger partial charge < -0.3 is 9.82 Å². The van der Waals surface area contributed by atoms with Gasteiger partial charge in [-0.3, -0.25) is 0 Å². The third-order valence-corrected chi connectivity index (χ3v) is 9.19. The van der Waals surface area contributed by atoms with E-state index >= 15 is 0 Å². The average Bonchev–Trinajstić information content (AvgIpc) is 2.75. The molecule has 0 fully saturated rings. The van der Waals surface area contributed by atoms with Crippen LogP contribution in [0.25, 0.3) is 0 Å². The number of ether oxygens (including phenoxy) is 1. The van der Waals surface area contributed by atoms with Crippen LogP contribution < -0.4 is 15.1 Å². The first-order valence-corrected chi connectivity index (χ1v) is 10.2. The summed E-state index contributed by atoms with van der Waals surface area (Å²) in [6, 6.07) is 14.5. The summed E-state index contributed by atoms with van der Waals surface area (Å²) in [5, 5.41) is 2.91. The minimum Gasteiger partial charge on any atom is -0.497 e. The molecule has 0 saturated carbocycles. The van der Waals surface area contributed by atoms with Crippen LogP contribution in [0.1, 0.15) is 5.56 Å². The summed E-state index contributed by atoms with van der Waals surface area (Å²) in [5.74, 6) is 0.864. The fourth-order valence-electron chi connectivity index (χ4n) is 2.01. The molecule has 5 heteroatoms. The lowest BCUT2D eigenvalue weighted by atomic mass is 10.2. The fraction of sp³-hybridized carbons (Fsp3) is 0.143. The third-order valence-electron chi connectivity index (χ3n) is 3.04. The molecule has 0 bridgehead atoms. The van der Waals surface area contributed by atoms with Crippen molar-refractivity contribution in [2.45, 2.75) is 11.8 Å². The molecule has 2 nitrogen and oxygen atoms in total. The predicted molar refractivity (Wildman–Crippen MR) is 87.6 cm³/mol. The van der Waals surface area contributed by atoms with Gasteiger partial charge in [-0.05, 0) is 48.9 Å². The molecular weight excluding hydrogens is 293 g/mol. The van der Waals surface area contributed by atoms with Crippen LogP contribution in [0, 0.1) is 6.92 Å². The smallest absolute Gasteiger partial charge is 0.120 e. The number of rotatable bonds is 2. The zero-order valence-electron chi connectivity index (χ0n) is 10.7. The van der Waals surface area contributed by atoms with Gasteiger partial charge in [-0.25, -0.2) is 0 Å². The Morgan fingerprint density at radius 1 is 1.16 bits per heavy atom. The summed E-state index contributed by atoms with van der Waals surface area (Å²) in [7, 11) is 1.68. The van der Waals surface area contributed by atoms with E-state index in [0.717, 1.165) is 11.4 Å². The van der Waals surface area contributed by atoms with Gasteiger partial charge in [0.05, 0.1) is 12.8 Å². The zero-order valence-corrected chi connectivity index (χ0v) is 13.2. The molecule has 1 aliphatic rings. The van der Waals surface area contributed by atoms with E-state index in [4.69, 9.17) is 16.5 Å². The summed E-state index contributed by atoms with van der Waals surface area (Å²) in [6.45, 7) is 2.11. The Kier molecular flexibility index (Phi) is 3.34. The van der Waals surface area contributed by atoms with Crippen molar-refractivity contribution >= 4 is 39.6 Å². The Labute approximate surface area is 122 Å². The molecule has 0 aliphatic carbocycles. The molecule has 0 aromatic heterocycles. The van der Waals surface area contributed by atoms with Gasteiger partial charge in [0, 0.05) is 10.2 Å². The van der Waals surface area contributed by atoms with Gasteiger partial charge in [0.15, 0.2) is 0 Å². The maximum Gasteiger partial charge on any atom is 0.120 e. The Bertz CT molecular complexity index is 670. The maximum atomic E-state index is 5.88. The van der Waals surface area contributed by atoms with E-state index in [0.29, 0.717) is 0 Å². The van der Waals surface area contributed by atoms with Crippen LogP contribution in [0.3, 0.4) is 0 Å². The lowest BCUT2D eigenvalue weighted by Gasteiger charge is -2.16. The van der Waals surface area contributed by atoms with Gasteiger partial charge >= 0.3 is 0 Å². The quantitative estimate of drug-likeness (QED) is 0.841. The zero-order chi connectivity index (χ0) is 13.5. The van der Waals surface area contributed by atoms with E-state index in [1.807, 2.05) is 12.1 Å². The Morgan fingerprint density at radius 3 is 2.58 bits per heavy atom.